The smallest absolute Gasteiger partial charge is 0.257 e. The summed E-state index contributed by atoms with van der Waals surface area (Å²) < 4.78 is 0. The number of rotatable bonds is 7. The lowest BCUT2D eigenvalue weighted by Crippen LogP contribution is -2.44. The lowest BCUT2D eigenvalue weighted by molar-refractivity contribution is 0.0973. The molecule has 0 fully saturated rings. The van der Waals surface area contributed by atoms with Gasteiger partial charge in [0.05, 0.1) is 12.5 Å². The topological polar surface area (TPSA) is 56.1 Å². The molecule has 2 aromatic rings. The highest BCUT2D eigenvalue weighted by Crippen LogP contribution is 2.14. The second-order valence-electron chi connectivity index (χ2n) is 6.67. The van der Waals surface area contributed by atoms with Gasteiger partial charge in [-0.3, -0.25) is 10.1 Å². The van der Waals surface area contributed by atoms with E-state index in [9.17, 15) is 4.79 Å². The van der Waals surface area contributed by atoms with E-state index in [0.29, 0.717) is 36.1 Å². The van der Waals surface area contributed by atoms with Crippen molar-refractivity contribution in [2.75, 3.05) is 13.1 Å². The number of nitriles is 1. The maximum absolute atomic E-state index is 12.5. The van der Waals surface area contributed by atoms with Gasteiger partial charge in [-0.15, -0.1) is 0 Å². The molecular formula is C22H25N3OS. The first-order valence-corrected chi connectivity index (χ1v) is 9.53. The zero-order valence-corrected chi connectivity index (χ0v) is 16.6. The molecule has 2 rings (SSSR count). The Bertz CT molecular complexity index is 795. The maximum Gasteiger partial charge on any atom is 0.257 e. The summed E-state index contributed by atoms with van der Waals surface area (Å²) in [6, 6.07) is 19.8. The molecule has 0 saturated carbocycles. The molecule has 0 spiro atoms. The highest BCUT2D eigenvalue weighted by atomic mass is 32.1. The number of thiocarbonyl (C=S) groups is 1. The summed E-state index contributed by atoms with van der Waals surface area (Å²) in [5, 5.41) is 12.1. The van der Waals surface area contributed by atoms with Gasteiger partial charge in [0.2, 0.25) is 0 Å². The van der Waals surface area contributed by atoms with Crippen molar-refractivity contribution >= 4 is 23.2 Å². The first-order chi connectivity index (χ1) is 13.0. The van der Waals surface area contributed by atoms with Crippen molar-refractivity contribution in [2.45, 2.75) is 32.6 Å². The summed E-state index contributed by atoms with van der Waals surface area (Å²) in [6.45, 7) is 5.37. The number of amides is 1. The molecule has 0 bridgehead atoms. The Morgan fingerprint density at radius 3 is 2.37 bits per heavy atom. The molecule has 0 aliphatic rings. The fraction of sp³-hybridized carbons (Fsp3) is 0.318. The van der Waals surface area contributed by atoms with Crippen LogP contribution in [0, 0.1) is 11.3 Å². The Morgan fingerprint density at radius 2 is 1.78 bits per heavy atom. The number of carbonyl (C=O) groups is 1. The molecule has 0 heterocycles. The van der Waals surface area contributed by atoms with Gasteiger partial charge < -0.3 is 4.90 Å². The third-order valence-corrected chi connectivity index (χ3v) is 4.71. The minimum Gasteiger partial charge on any atom is -0.348 e. The average Bonchev–Trinajstić information content (AvgIpc) is 2.68. The molecular weight excluding hydrogens is 354 g/mol. The SMILES string of the molecule is CC(C)c1ccc(C(=O)NC(=S)N(CCC#N)CCc2ccccc2)cc1. The number of nitrogens with zero attached hydrogens (tertiary/aromatic N) is 2. The second-order valence-corrected chi connectivity index (χ2v) is 7.05. The summed E-state index contributed by atoms with van der Waals surface area (Å²) >= 11 is 5.43. The van der Waals surface area contributed by atoms with Crippen LogP contribution in [-0.2, 0) is 6.42 Å². The van der Waals surface area contributed by atoms with Crippen LogP contribution in [-0.4, -0.2) is 29.0 Å². The molecule has 1 N–H and O–H groups in total. The summed E-state index contributed by atoms with van der Waals surface area (Å²) in [5.41, 5.74) is 2.95. The fourth-order valence-electron chi connectivity index (χ4n) is 2.68. The minimum atomic E-state index is -0.225. The molecule has 0 atom stereocenters. The second kappa shape index (κ2) is 10.4. The maximum atomic E-state index is 12.5. The Morgan fingerprint density at radius 1 is 1.11 bits per heavy atom. The minimum absolute atomic E-state index is 0.225. The molecule has 0 aromatic heterocycles. The van der Waals surface area contributed by atoms with Gasteiger partial charge in [-0.1, -0.05) is 56.3 Å². The van der Waals surface area contributed by atoms with Gasteiger partial charge in [-0.25, -0.2) is 0 Å². The lowest BCUT2D eigenvalue weighted by Gasteiger charge is -2.24. The van der Waals surface area contributed by atoms with Gasteiger partial charge >= 0.3 is 0 Å². The van der Waals surface area contributed by atoms with E-state index in [2.05, 4.69) is 37.4 Å². The third kappa shape index (κ3) is 6.50. The molecule has 0 aliphatic heterocycles. The van der Waals surface area contributed by atoms with Gasteiger partial charge in [0.1, 0.15) is 0 Å². The van der Waals surface area contributed by atoms with E-state index in [-0.39, 0.29) is 5.91 Å². The molecule has 5 heteroatoms. The van der Waals surface area contributed by atoms with Crippen molar-refractivity contribution in [3.63, 3.8) is 0 Å². The van der Waals surface area contributed by atoms with Gasteiger partial charge in [0.25, 0.3) is 5.91 Å². The molecule has 0 radical (unpaired) electrons. The van der Waals surface area contributed by atoms with Gasteiger partial charge in [0, 0.05) is 18.7 Å². The molecule has 27 heavy (non-hydrogen) atoms. The van der Waals surface area contributed by atoms with Crippen molar-refractivity contribution < 1.29 is 4.79 Å². The Kier molecular flexibility index (Phi) is 7.97. The summed E-state index contributed by atoms with van der Waals surface area (Å²) in [6.07, 6.45) is 1.15. The largest absolute Gasteiger partial charge is 0.348 e. The summed E-state index contributed by atoms with van der Waals surface area (Å²) in [5.74, 6) is 0.194. The highest BCUT2D eigenvalue weighted by Gasteiger charge is 2.14. The van der Waals surface area contributed by atoms with Crippen LogP contribution in [0.25, 0.3) is 0 Å². The van der Waals surface area contributed by atoms with Crippen LogP contribution in [0.15, 0.2) is 54.6 Å². The van der Waals surface area contributed by atoms with E-state index in [1.165, 1.54) is 11.1 Å². The number of hydrogen-bond donors (Lipinski definition) is 1. The number of carbonyl (C=O) groups excluding carboxylic acids is 1. The molecule has 0 saturated heterocycles. The normalized spacial score (nSPS) is 10.3. The average molecular weight is 380 g/mol. The Hall–Kier alpha value is -2.71. The van der Waals surface area contributed by atoms with Gasteiger partial charge in [-0.2, -0.15) is 5.26 Å². The van der Waals surface area contributed by atoms with E-state index in [1.54, 1.807) is 0 Å². The van der Waals surface area contributed by atoms with Crippen molar-refractivity contribution in [2.24, 2.45) is 0 Å². The fourth-order valence-corrected chi connectivity index (χ4v) is 2.95. The van der Waals surface area contributed by atoms with E-state index in [1.807, 2.05) is 47.4 Å². The summed E-state index contributed by atoms with van der Waals surface area (Å²) in [4.78, 5) is 14.4. The monoisotopic (exact) mass is 379 g/mol. The van der Waals surface area contributed by atoms with E-state index in [0.717, 1.165) is 6.42 Å². The van der Waals surface area contributed by atoms with Gasteiger partial charge in [0.15, 0.2) is 5.11 Å². The third-order valence-electron chi connectivity index (χ3n) is 4.35. The zero-order valence-electron chi connectivity index (χ0n) is 15.8. The molecule has 4 nitrogen and oxygen atoms in total. The van der Waals surface area contributed by atoms with Crippen molar-refractivity contribution in [3.05, 3.63) is 71.3 Å². The highest BCUT2D eigenvalue weighted by molar-refractivity contribution is 7.80. The Balaban J connectivity index is 1.99. The summed E-state index contributed by atoms with van der Waals surface area (Å²) in [7, 11) is 0. The van der Waals surface area contributed by atoms with Crippen molar-refractivity contribution in [1.29, 1.82) is 5.26 Å². The first kappa shape index (κ1) is 20.6. The molecule has 2 aromatic carbocycles. The van der Waals surface area contributed by atoms with Crippen LogP contribution in [0.2, 0.25) is 0 Å². The van der Waals surface area contributed by atoms with E-state index >= 15 is 0 Å². The number of benzene rings is 2. The number of nitrogens with one attached hydrogen (secondary N) is 1. The number of hydrogen-bond acceptors (Lipinski definition) is 3. The van der Waals surface area contributed by atoms with E-state index in [4.69, 9.17) is 17.5 Å². The van der Waals surface area contributed by atoms with Crippen LogP contribution in [0.3, 0.4) is 0 Å². The molecule has 0 unspecified atom stereocenters. The van der Waals surface area contributed by atoms with Gasteiger partial charge in [-0.05, 0) is 47.8 Å². The Labute approximate surface area is 166 Å². The van der Waals surface area contributed by atoms with E-state index < -0.39 is 0 Å². The predicted octanol–water partition coefficient (Wildman–Crippen LogP) is 4.28. The predicted molar refractivity (Wildman–Crippen MR) is 113 cm³/mol. The van der Waals surface area contributed by atoms with Crippen molar-refractivity contribution in [3.8, 4) is 6.07 Å². The van der Waals surface area contributed by atoms with Crippen LogP contribution in [0.1, 0.15) is 47.7 Å². The molecule has 1 amide bonds. The molecule has 140 valence electrons. The first-order valence-electron chi connectivity index (χ1n) is 9.12. The lowest BCUT2D eigenvalue weighted by atomic mass is 10.0. The van der Waals surface area contributed by atoms with Crippen molar-refractivity contribution in [1.82, 2.24) is 10.2 Å². The van der Waals surface area contributed by atoms with Crippen LogP contribution >= 0.6 is 12.2 Å². The quantitative estimate of drug-likeness (QED) is 0.730. The van der Waals surface area contributed by atoms with Crippen LogP contribution < -0.4 is 5.32 Å². The standard InChI is InChI=1S/C22H25N3OS/c1-17(2)19-9-11-20(12-10-19)21(26)24-22(27)25(15-6-14-23)16-13-18-7-4-3-5-8-18/h3-5,7-12,17H,6,13,15-16H2,1-2H3,(H,24,26,27). The van der Waals surface area contributed by atoms with Crippen LogP contribution in [0.5, 0.6) is 0 Å². The van der Waals surface area contributed by atoms with Crippen LogP contribution in [0.4, 0.5) is 0 Å². The molecule has 0 aliphatic carbocycles. The zero-order chi connectivity index (χ0) is 19.6.